The molecular weight excluding hydrogens is 436 g/mol. The van der Waals surface area contributed by atoms with Crippen LogP contribution in [0, 0.1) is 11.8 Å². The summed E-state index contributed by atoms with van der Waals surface area (Å²) in [7, 11) is 3.07. The van der Waals surface area contributed by atoms with Gasteiger partial charge in [-0.3, -0.25) is 9.89 Å². The van der Waals surface area contributed by atoms with E-state index >= 15 is 0 Å². The van der Waals surface area contributed by atoms with Crippen LogP contribution in [0.5, 0.6) is 5.75 Å². The first-order chi connectivity index (χ1) is 16.4. The highest BCUT2D eigenvalue weighted by Crippen LogP contribution is 2.54. The molecule has 180 valence electrons. The minimum absolute atomic E-state index is 0.180. The van der Waals surface area contributed by atoms with Gasteiger partial charge in [0.25, 0.3) is 0 Å². The number of aliphatic carboxylic acids is 1. The molecule has 34 heavy (non-hydrogen) atoms. The number of hydrogen-bond acceptors (Lipinski definition) is 7. The molecule has 3 aliphatic rings. The lowest BCUT2D eigenvalue weighted by Crippen LogP contribution is -2.60. The van der Waals surface area contributed by atoms with Gasteiger partial charge in [0.05, 0.1) is 61.6 Å². The van der Waals surface area contributed by atoms with Crippen LogP contribution in [0.25, 0.3) is 11.1 Å². The Bertz CT molecular complexity index is 1150. The van der Waals surface area contributed by atoms with Crippen LogP contribution >= 0.6 is 0 Å². The van der Waals surface area contributed by atoms with Gasteiger partial charge in [0.2, 0.25) is 0 Å². The summed E-state index contributed by atoms with van der Waals surface area (Å²) in [5.41, 5.74) is 2.81. The third kappa shape index (κ3) is 3.35. The predicted molar refractivity (Wildman–Crippen MR) is 126 cm³/mol. The molecule has 1 aromatic carbocycles. The Morgan fingerprint density at radius 1 is 1.35 bits per heavy atom. The maximum Gasteiger partial charge on any atom is 0.334 e. The summed E-state index contributed by atoms with van der Waals surface area (Å²) in [6.07, 6.45) is 6.55. The second-order valence-corrected chi connectivity index (χ2v) is 9.29. The SMILES string of the molecule is CC[C@@H]1CN2CC[C@@]3(O)C(=Nc4c(-c5ccoc5)ccc(OC)c43)C2C[C@@H]1C(=COC)C(=O)O. The second kappa shape index (κ2) is 8.60. The zero-order chi connectivity index (χ0) is 24.0. The van der Waals surface area contributed by atoms with Gasteiger partial charge in [-0.2, -0.15) is 0 Å². The molecule has 2 saturated heterocycles. The third-order valence-corrected chi connectivity index (χ3v) is 7.71. The molecule has 8 nitrogen and oxygen atoms in total. The fraction of sp³-hybridized carbons (Fsp3) is 0.462. The highest BCUT2D eigenvalue weighted by Gasteiger charge is 2.54. The lowest BCUT2D eigenvalue weighted by Gasteiger charge is -2.50. The van der Waals surface area contributed by atoms with Crippen LogP contribution < -0.4 is 4.74 Å². The third-order valence-electron chi connectivity index (χ3n) is 7.71. The van der Waals surface area contributed by atoms with E-state index in [0.29, 0.717) is 42.1 Å². The Hall–Kier alpha value is -3.10. The molecule has 1 aromatic heterocycles. The summed E-state index contributed by atoms with van der Waals surface area (Å²) >= 11 is 0. The van der Waals surface area contributed by atoms with Crippen LogP contribution in [0.2, 0.25) is 0 Å². The van der Waals surface area contributed by atoms with Gasteiger partial charge in [0.15, 0.2) is 0 Å². The van der Waals surface area contributed by atoms with Crippen molar-refractivity contribution >= 4 is 17.4 Å². The first kappa shape index (κ1) is 22.7. The zero-order valence-corrected chi connectivity index (χ0v) is 19.7. The van der Waals surface area contributed by atoms with Crippen LogP contribution in [0.4, 0.5) is 5.69 Å². The van der Waals surface area contributed by atoms with Crippen molar-refractivity contribution in [3.05, 3.63) is 48.1 Å². The number of hydrogen-bond donors (Lipinski definition) is 2. The van der Waals surface area contributed by atoms with Gasteiger partial charge >= 0.3 is 5.97 Å². The van der Waals surface area contributed by atoms with E-state index in [1.165, 1.54) is 13.4 Å². The quantitative estimate of drug-likeness (QED) is 0.490. The Kier molecular flexibility index (Phi) is 5.73. The van der Waals surface area contributed by atoms with Crippen LogP contribution in [0.1, 0.15) is 31.7 Å². The van der Waals surface area contributed by atoms with E-state index in [4.69, 9.17) is 18.9 Å². The van der Waals surface area contributed by atoms with Crippen molar-refractivity contribution in [3.63, 3.8) is 0 Å². The molecule has 8 heteroatoms. The number of fused-ring (bicyclic) bond motifs is 5. The largest absolute Gasteiger partial charge is 0.504 e. The highest BCUT2D eigenvalue weighted by atomic mass is 16.5. The summed E-state index contributed by atoms with van der Waals surface area (Å²) in [5.74, 6) is -0.389. The average Bonchev–Trinajstić information content (AvgIpc) is 3.48. The molecule has 0 saturated carbocycles. The molecule has 3 aliphatic heterocycles. The molecule has 4 atom stereocenters. The van der Waals surface area contributed by atoms with Gasteiger partial charge in [0.1, 0.15) is 11.4 Å². The smallest absolute Gasteiger partial charge is 0.334 e. The molecular formula is C26H30N2O6. The van der Waals surface area contributed by atoms with E-state index in [0.717, 1.165) is 24.1 Å². The molecule has 4 heterocycles. The van der Waals surface area contributed by atoms with E-state index in [2.05, 4.69) is 11.8 Å². The fourth-order valence-corrected chi connectivity index (χ4v) is 6.05. The zero-order valence-electron chi connectivity index (χ0n) is 19.7. The summed E-state index contributed by atoms with van der Waals surface area (Å²) in [4.78, 5) is 19.5. The van der Waals surface area contributed by atoms with Crippen molar-refractivity contribution in [3.8, 4) is 16.9 Å². The van der Waals surface area contributed by atoms with Crippen LogP contribution in [-0.2, 0) is 15.1 Å². The van der Waals surface area contributed by atoms with E-state index in [1.807, 2.05) is 18.2 Å². The molecule has 0 radical (unpaired) electrons. The van der Waals surface area contributed by atoms with Gasteiger partial charge in [0, 0.05) is 24.2 Å². The van der Waals surface area contributed by atoms with Crippen molar-refractivity contribution in [2.45, 2.75) is 37.8 Å². The number of furan rings is 1. The predicted octanol–water partition coefficient (Wildman–Crippen LogP) is 3.96. The van der Waals surface area contributed by atoms with Gasteiger partial charge < -0.3 is 24.1 Å². The second-order valence-electron chi connectivity index (χ2n) is 9.29. The maximum atomic E-state index is 12.1. The maximum absolute atomic E-state index is 12.1. The monoisotopic (exact) mass is 466 g/mol. The number of aliphatic imine (C=N–C) groups is 1. The van der Waals surface area contributed by atoms with Gasteiger partial charge in [-0.1, -0.05) is 13.3 Å². The summed E-state index contributed by atoms with van der Waals surface area (Å²) in [5, 5.41) is 22.0. The Balaban J connectivity index is 1.61. The topological polar surface area (TPSA) is 105 Å². The number of rotatable bonds is 6. The molecule has 2 aromatic rings. The van der Waals surface area contributed by atoms with Crippen LogP contribution in [-0.4, -0.2) is 60.1 Å². The first-order valence-corrected chi connectivity index (χ1v) is 11.7. The van der Waals surface area contributed by atoms with Gasteiger partial charge in [-0.25, -0.2) is 4.79 Å². The van der Waals surface area contributed by atoms with E-state index < -0.39 is 11.6 Å². The number of methoxy groups -OCH3 is 2. The van der Waals surface area contributed by atoms with E-state index in [9.17, 15) is 15.0 Å². The molecule has 2 N–H and O–H groups in total. The van der Waals surface area contributed by atoms with Crippen molar-refractivity contribution in [1.82, 2.24) is 4.90 Å². The molecule has 2 fully saturated rings. The molecule has 0 spiro atoms. The first-order valence-electron chi connectivity index (χ1n) is 11.7. The minimum Gasteiger partial charge on any atom is -0.504 e. The highest BCUT2D eigenvalue weighted by molar-refractivity contribution is 6.07. The normalized spacial score (nSPS) is 28.5. The summed E-state index contributed by atoms with van der Waals surface area (Å²) in [6, 6.07) is 5.49. The van der Waals surface area contributed by atoms with Crippen LogP contribution in [0.15, 0.2) is 52.0 Å². The number of aliphatic hydroxyl groups is 1. The number of carbonyl (C=O) groups is 1. The van der Waals surface area contributed by atoms with Gasteiger partial charge in [-0.15, -0.1) is 0 Å². The van der Waals surface area contributed by atoms with Gasteiger partial charge in [-0.05, 0) is 42.9 Å². The van der Waals surface area contributed by atoms with Crippen molar-refractivity contribution < 1.29 is 28.9 Å². The Morgan fingerprint density at radius 3 is 2.82 bits per heavy atom. The molecule has 5 rings (SSSR count). The average molecular weight is 467 g/mol. The lowest BCUT2D eigenvalue weighted by molar-refractivity contribution is -0.134. The number of piperidine rings is 2. The lowest BCUT2D eigenvalue weighted by atomic mass is 9.70. The standard InChI is InChI=1S/C26H30N2O6/c1-4-15-12-28-9-8-26(31)22-21(33-3)6-5-17(16-7-10-34-13-16)23(22)27-24(26)20(28)11-18(15)19(14-32-2)25(29)30/h5-7,10,13-15,18,20,31H,4,8-9,11-12H2,1-3H3,(H,29,30)/t15-,18+,20?,26+/m1/s1. The Labute approximate surface area is 198 Å². The Morgan fingerprint density at radius 2 is 2.18 bits per heavy atom. The molecule has 0 amide bonds. The van der Waals surface area contributed by atoms with Crippen molar-refractivity contribution in [2.24, 2.45) is 16.8 Å². The van der Waals surface area contributed by atoms with Crippen molar-refractivity contribution in [1.29, 1.82) is 0 Å². The number of nitrogens with zero attached hydrogens (tertiary/aromatic N) is 2. The van der Waals surface area contributed by atoms with E-state index in [1.54, 1.807) is 19.6 Å². The molecule has 0 bridgehead atoms. The number of carboxylic acid groups (broad SMARTS) is 1. The number of ether oxygens (including phenoxy) is 2. The molecule has 1 unspecified atom stereocenters. The van der Waals surface area contributed by atoms with E-state index in [-0.39, 0.29) is 23.5 Å². The fourth-order valence-electron chi connectivity index (χ4n) is 6.05. The molecule has 0 aliphatic carbocycles. The number of carboxylic acids is 1. The summed E-state index contributed by atoms with van der Waals surface area (Å²) in [6.45, 7) is 3.53. The minimum atomic E-state index is -1.26. The van der Waals surface area contributed by atoms with Crippen molar-refractivity contribution in [2.75, 3.05) is 27.3 Å². The summed E-state index contributed by atoms with van der Waals surface area (Å²) < 4.78 is 16.1. The number of benzene rings is 1. The van der Waals surface area contributed by atoms with Crippen LogP contribution in [0.3, 0.4) is 0 Å².